The van der Waals surface area contributed by atoms with Gasteiger partial charge in [0.25, 0.3) is 5.69 Å². The second kappa shape index (κ2) is 8.94. The van der Waals surface area contributed by atoms with Gasteiger partial charge in [-0.2, -0.15) is 0 Å². The molecule has 0 radical (unpaired) electrons. The highest BCUT2D eigenvalue weighted by Gasteiger charge is 2.66. The zero-order valence-corrected chi connectivity index (χ0v) is 21.2. The number of nitrogens with zero attached hydrogens (tertiary/aromatic N) is 2. The van der Waals surface area contributed by atoms with Gasteiger partial charge in [0.1, 0.15) is 0 Å². The Morgan fingerprint density at radius 3 is 2.14 bits per heavy atom. The Hall–Kier alpha value is -2.92. The third kappa shape index (κ3) is 3.90. The molecule has 0 spiro atoms. The Balaban J connectivity index is 1.28. The van der Waals surface area contributed by atoms with E-state index >= 15 is 0 Å². The molecule has 11 heteroatoms. The monoisotopic (exact) mass is 604 g/mol. The first-order valence-corrected chi connectivity index (χ1v) is 12.7. The smallest absolute Gasteiger partial charge is 0.338 e. The fourth-order valence-corrected chi connectivity index (χ4v) is 7.32. The lowest BCUT2D eigenvalue weighted by molar-refractivity contribution is -0.384. The Morgan fingerprint density at radius 2 is 1.57 bits per heavy atom. The van der Waals surface area contributed by atoms with E-state index in [0.29, 0.717) is 5.69 Å². The van der Waals surface area contributed by atoms with Crippen LogP contribution in [-0.2, 0) is 14.3 Å². The van der Waals surface area contributed by atoms with E-state index in [1.54, 1.807) is 12.1 Å². The summed E-state index contributed by atoms with van der Waals surface area (Å²) in [7, 11) is 0. The number of amides is 2. The van der Waals surface area contributed by atoms with Crippen LogP contribution in [0.1, 0.15) is 27.1 Å². The van der Waals surface area contributed by atoms with Crippen molar-refractivity contribution in [2.75, 3.05) is 11.5 Å². The number of nitro benzene ring substituents is 1. The summed E-state index contributed by atoms with van der Waals surface area (Å²) in [5, 5.41) is 10.7. The number of Topliss-reactive ketones (excluding diaryl/α,β-unsaturated/α-hetero) is 1. The molecular weight excluding hydrogens is 588 g/mol. The number of rotatable bonds is 6. The van der Waals surface area contributed by atoms with Crippen molar-refractivity contribution in [1.82, 2.24) is 0 Å². The first-order chi connectivity index (χ1) is 16.7. The normalized spacial score (nSPS) is 28.8. The van der Waals surface area contributed by atoms with Crippen LogP contribution in [0.25, 0.3) is 0 Å². The van der Waals surface area contributed by atoms with Crippen LogP contribution in [0.2, 0.25) is 0 Å². The van der Waals surface area contributed by atoms with Gasteiger partial charge in [0.15, 0.2) is 12.4 Å². The van der Waals surface area contributed by atoms with E-state index < -0.39 is 23.3 Å². The Labute approximate surface area is 216 Å². The number of alkyl halides is 2. The number of imide groups is 1. The number of ether oxygens (including phenoxy) is 1. The first-order valence-electron chi connectivity index (χ1n) is 10.9. The first kappa shape index (κ1) is 23.8. The van der Waals surface area contributed by atoms with Crippen molar-refractivity contribution in [3.63, 3.8) is 0 Å². The molecule has 9 nitrogen and oxygen atoms in total. The number of ketones is 1. The van der Waals surface area contributed by atoms with Crippen molar-refractivity contribution in [3.05, 3.63) is 69.8 Å². The zero-order chi connectivity index (χ0) is 25.0. The van der Waals surface area contributed by atoms with Crippen molar-refractivity contribution in [2.24, 2.45) is 23.7 Å². The number of benzene rings is 2. The Kier molecular flexibility index (Phi) is 6.08. The molecule has 0 N–H and O–H groups in total. The largest absolute Gasteiger partial charge is 0.454 e. The summed E-state index contributed by atoms with van der Waals surface area (Å²) in [5.74, 6) is -2.41. The van der Waals surface area contributed by atoms with Gasteiger partial charge in [-0.15, -0.1) is 0 Å². The van der Waals surface area contributed by atoms with Crippen LogP contribution in [0.15, 0.2) is 48.5 Å². The number of esters is 1. The summed E-state index contributed by atoms with van der Waals surface area (Å²) in [6.45, 7) is -0.560. The molecule has 2 aromatic carbocycles. The van der Waals surface area contributed by atoms with Gasteiger partial charge in [-0.25, -0.2) is 4.79 Å². The third-order valence-electron chi connectivity index (χ3n) is 7.06. The number of halogens is 2. The summed E-state index contributed by atoms with van der Waals surface area (Å²) >= 11 is 7.32. The van der Waals surface area contributed by atoms with Crippen LogP contribution >= 0.6 is 31.9 Å². The molecule has 0 unspecified atom stereocenters. The van der Waals surface area contributed by atoms with Crippen molar-refractivity contribution in [2.45, 2.75) is 16.1 Å². The van der Waals surface area contributed by atoms with Crippen molar-refractivity contribution in [3.8, 4) is 0 Å². The second-order valence-corrected chi connectivity index (χ2v) is 11.0. The molecule has 6 atom stereocenters. The van der Waals surface area contributed by atoms with E-state index in [9.17, 15) is 29.3 Å². The predicted molar refractivity (Wildman–Crippen MR) is 131 cm³/mol. The highest BCUT2D eigenvalue weighted by atomic mass is 79.9. The van der Waals surface area contributed by atoms with E-state index in [-0.39, 0.29) is 62.0 Å². The van der Waals surface area contributed by atoms with E-state index in [2.05, 4.69) is 31.9 Å². The van der Waals surface area contributed by atoms with Gasteiger partial charge < -0.3 is 4.74 Å². The lowest BCUT2D eigenvalue weighted by Gasteiger charge is -2.28. The quantitative estimate of drug-likeness (QED) is 0.122. The number of fused-ring (bicyclic) bond motifs is 5. The maximum Gasteiger partial charge on any atom is 0.338 e. The maximum absolute atomic E-state index is 13.2. The highest BCUT2D eigenvalue weighted by molar-refractivity contribution is 9.12. The summed E-state index contributed by atoms with van der Waals surface area (Å²) in [6.07, 6.45) is 0.821. The average Bonchev–Trinajstić information content (AvgIpc) is 3.47. The van der Waals surface area contributed by atoms with Crippen molar-refractivity contribution < 1.29 is 28.8 Å². The summed E-state index contributed by atoms with van der Waals surface area (Å²) in [6, 6.07) is 11.0. The van der Waals surface area contributed by atoms with Crippen molar-refractivity contribution >= 4 is 66.8 Å². The fourth-order valence-electron chi connectivity index (χ4n) is 5.44. The van der Waals surface area contributed by atoms with Crippen LogP contribution in [-0.4, -0.2) is 44.8 Å². The van der Waals surface area contributed by atoms with Gasteiger partial charge >= 0.3 is 5.97 Å². The van der Waals surface area contributed by atoms with Crippen LogP contribution in [0.5, 0.6) is 0 Å². The molecule has 2 amide bonds. The fraction of sp³-hybridized carbons (Fsp3) is 0.333. The minimum atomic E-state index is -0.789. The zero-order valence-electron chi connectivity index (χ0n) is 18.0. The molecule has 180 valence electrons. The molecule has 3 fully saturated rings. The number of hydrogen-bond acceptors (Lipinski definition) is 7. The molecule has 2 aromatic rings. The maximum atomic E-state index is 13.2. The van der Waals surface area contributed by atoms with Gasteiger partial charge in [-0.05, 0) is 48.6 Å². The second-order valence-electron chi connectivity index (χ2n) is 8.87. The lowest BCUT2D eigenvalue weighted by Crippen LogP contribution is -2.37. The summed E-state index contributed by atoms with van der Waals surface area (Å²) in [5.41, 5.74) is 0.400. The molecule has 2 aliphatic carbocycles. The minimum Gasteiger partial charge on any atom is -0.454 e. The number of anilines is 1. The molecule has 0 aromatic heterocycles. The predicted octanol–water partition coefficient (Wildman–Crippen LogP) is 3.92. The van der Waals surface area contributed by atoms with E-state index in [0.717, 1.165) is 11.3 Å². The molecule has 2 bridgehead atoms. The van der Waals surface area contributed by atoms with E-state index in [1.165, 1.54) is 36.4 Å². The average molecular weight is 606 g/mol. The molecule has 1 aliphatic heterocycles. The van der Waals surface area contributed by atoms with Crippen LogP contribution in [0.3, 0.4) is 0 Å². The molecule has 1 heterocycles. The molecular formula is C24H18Br2N2O7. The molecule has 5 rings (SSSR count). The topological polar surface area (TPSA) is 124 Å². The van der Waals surface area contributed by atoms with Crippen LogP contribution in [0.4, 0.5) is 11.4 Å². The number of nitro groups is 1. The van der Waals surface area contributed by atoms with Crippen LogP contribution < -0.4 is 4.90 Å². The standard InChI is InChI=1S/C24H18Br2N2O7/c25-20-15-9-16(21(20)26)19-18(15)22(30)27(23(19)31)14-3-1-2-12(8-14)24(32)35-10-17(29)11-4-6-13(7-5-11)28(33)34/h1-8,15-16,18-21H,9-10H2/t15-,16-,18-,19-,20-,21+/m1/s1. The van der Waals surface area contributed by atoms with Gasteiger partial charge in [0.2, 0.25) is 11.8 Å². The van der Waals surface area contributed by atoms with Gasteiger partial charge in [-0.1, -0.05) is 37.9 Å². The van der Waals surface area contributed by atoms with E-state index in [1.807, 2.05) is 0 Å². The Bertz CT molecular complexity index is 1230. The SMILES string of the molecule is O=C(COC(=O)c1cccc(N2C(=O)[C@@H]3[C@H]4C[C@@H]([C@@H](Br)[C@H]4Br)[C@H]3C2=O)c1)c1ccc([N+](=O)[O-])cc1. The summed E-state index contributed by atoms with van der Waals surface area (Å²) < 4.78 is 5.12. The Morgan fingerprint density at radius 1 is 0.971 bits per heavy atom. The summed E-state index contributed by atoms with van der Waals surface area (Å²) in [4.78, 5) is 62.9. The molecule has 2 saturated carbocycles. The number of non-ortho nitro benzene ring substituents is 1. The van der Waals surface area contributed by atoms with Crippen molar-refractivity contribution in [1.29, 1.82) is 0 Å². The molecule has 1 saturated heterocycles. The number of hydrogen-bond donors (Lipinski definition) is 0. The van der Waals surface area contributed by atoms with Gasteiger partial charge in [0, 0.05) is 27.4 Å². The van der Waals surface area contributed by atoms with Gasteiger partial charge in [-0.3, -0.25) is 29.4 Å². The highest BCUT2D eigenvalue weighted by Crippen LogP contribution is 2.60. The van der Waals surface area contributed by atoms with Crippen LogP contribution in [0, 0.1) is 33.8 Å². The third-order valence-corrected chi connectivity index (χ3v) is 10.3. The lowest BCUT2D eigenvalue weighted by atomic mass is 9.81. The number of carbonyl (C=O) groups excluding carboxylic acids is 4. The minimum absolute atomic E-state index is 0.0782. The molecule has 35 heavy (non-hydrogen) atoms. The van der Waals surface area contributed by atoms with E-state index in [4.69, 9.17) is 4.74 Å². The number of carbonyl (C=O) groups is 4. The van der Waals surface area contributed by atoms with Gasteiger partial charge in [0.05, 0.1) is 28.0 Å². The molecule has 3 aliphatic rings.